The zero-order valence-electron chi connectivity index (χ0n) is 9.74. The lowest BCUT2D eigenvalue weighted by atomic mass is 10.0. The highest BCUT2D eigenvalue weighted by Crippen LogP contribution is 2.30. The van der Waals surface area contributed by atoms with Crippen LogP contribution in [-0.4, -0.2) is 27.0 Å². The van der Waals surface area contributed by atoms with Crippen molar-refractivity contribution in [2.24, 2.45) is 7.05 Å². The third kappa shape index (κ3) is 2.61. The lowest BCUT2D eigenvalue weighted by molar-refractivity contribution is 0.0614. The van der Waals surface area contributed by atoms with Crippen LogP contribution in [0.1, 0.15) is 25.7 Å². The predicted octanol–water partition coefficient (Wildman–Crippen LogP) is 1.15. The van der Waals surface area contributed by atoms with Gasteiger partial charge in [-0.2, -0.15) is 5.10 Å². The Morgan fingerprint density at radius 1 is 1.59 bits per heavy atom. The summed E-state index contributed by atoms with van der Waals surface area (Å²) in [5.41, 5.74) is -0.533. The van der Waals surface area contributed by atoms with Gasteiger partial charge in [-0.3, -0.25) is 4.79 Å². The number of hydrogen-bond donors (Lipinski definition) is 2. The summed E-state index contributed by atoms with van der Waals surface area (Å²) in [7, 11) is 1.54. The second-order valence-electron chi connectivity index (χ2n) is 4.59. The summed E-state index contributed by atoms with van der Waals surface area (Å²) in [5.74, 6) is 0. The van der Waals surface area contributed by atoms with E-state index in [2.05, 4.69) is 10.4 Å². The van der Waals surface area contributed by atoms with Gasteiger partial charge in [0, 0.05) is 13.6 Å². The number of hydrogen-bond acceptors (Lipinski definition) is 4. The van der Waals surface area contributed by atoms with Crippen LogP contribution in [0.3, 0.4) is 0 Å². The molecule has 1 aliphatic rings. The normalized spacial score (nSPS) is 18.3. The van der Waals surface area contributed by atoms with Crippen LogP contribution in [0.4, 0.5) is 5.69 Å². The minimum absolute atomic E-state index is 0.115. The van der Waals surface area contributed by atoms with Crippen LogP contribution in [0, 0.1) is 0 Å². The van der Waals surface area contributed by atoms with Gasteiger partial charge in [-0.05, 0) is 12.8 Å². The van der Waals surface area contributed by atoms with Gasteiger partial charge in [0.2, 0.25) is 0 Å². The highest BCUT2D eigenvalue weighted by Gasteiger charge is 2.30. The minimum Gasteiger partial charge on any atom is -0.388 e. The van der Waals surface area contributed by atoms with E-state index in [4.69, 9.17) is 11.6 Å². The molecule has 0 unspecified atom stereocenters. The second kappa shape index (κ2) is 4.66. The fraction of sp³-hybridized carbons (Fsp3) is 0.636. The van der Waals surface area contributed by atoms with Gasteiger partial charge in [0.1, 0.15) is 5.02 Å². The highest BCUT2D eigenvalue weighted by atomic mass is 35.5. The van der Waals surface area contributed by atoms with Crippen LogP contribution in [0.5, 0.6) is 0 Å². The summed E-state index contributed by atoms with van der Waals surface area (Å²) in [6.45, 7) is 0.404. The van der Waals surface area contributed by atoms with Crippen LogP contribution < -0.4 is 10.9 Å². The van der Waals surface area contributed by atoms with Gasteiger partial charge in [0.15, 0.2) is 0 Å². The molecule has 0 amide bonds. The van der Waals surface area contributed by atoms with Crippen molar-refractivity contribution in [1.29, 1.82) is 0 Å². The zero-order chi connectivity index (χ0) is 12.5. The molecule has 1 aromatic heterocycles. The molecule has 6 heteroatoms. The smallest absolute Gasteiger partial charge is 0.287 e. The molecule has 0 saturated heterocycles. The van der Waals surface area contributed by atoms with E-state index in [-0.39, 0.29) is 10.6 Å². The summed E-state index contributed by atoms with van der Waals surface area (Å²) < 4.78 is 1.18. The van der Waals surface area contributed by atoms with E-state index in [1.165, 1.54) is 10.9 Å². The van der Waals surface area contributed by atoms with Crippen LogP contribution in [0.25, 0.3) is 0 Å². The quantitative estimate of drug-likeness (QED) is 0.853. The molecule has 1 saturated carbocycles. The van der Waals surface area contributed by atoms with Crippen molar-refractivity contribution in [1.82, 2.24) is 9.78 Å². The molecule has 1 aliphatic carbocycles. The standard InChI is InChI=1S/C11H16ClN3O2/c1-15-10(16)9(12)8(6-14-15)13-7-11(17)4-2-3-5-11/h6,13,17H,2-5,7H2,1H3. The molecule has 0 bridgehead atoms. The monoisotopic (exact) mass is 257 g/mol. The molecular weight excluding hydrogens is 242 g/mol. The maximum Gasteiger partial charge on any atom is 0.287 e. The van der Waals surface area contributed by atoms with Gasteiger partial charge in [0.25, 0.3) is 5.56 Å². The maximum absolute atomic E-state index is 11.5. The van der Waals surface area contributed by atoms with E-state index in [9.17, 15) is 9.90 Å². The Morgan fingerprint density at radius 3 is 2.88 bits per heavy atom. The highest BCUT2D eigenvalue weighted by molar-refractivity contribution is 6.32. The Bertz CT molecular complexity index is 466. The lowest BCUT2D eigenvalue weighted by Crippen LogP contribution is -2.34. The van der Waals surface area contributed by atoms with E-state index in [0.29, 0.717) is 12.2 Å². The number of nitrogens with one attached hydrogen (secondary N) is 1. The Hall–Kier alpha value is -1.07. The molecule has 5 nitrogen and oxygen atoms in total. The summed E-state index contributed by atoms with van der Waals surface area (Å²) in [5, 5.41) is 17.2. The van der Waals surface area contributed by atoms with Crippen molar-refractivity contribution in [3.63, 3.8) is 0 Å². The number of rotatable bonds is 3. The van der Waals surface area contributed by atoms with Gasteiger partial charge < -0.3 is 10.4 Å². The number of nitrogens with zero attached hydrogens (tertiary/aromatic N) is 2. The first-order chi connectivity index (χ1) is 8.02. The number of aliphatic hydroxyl groups is 1. The fourth-order valence-electron chi connectivity index (χ4n) is 2.10. The SMILES string of the molecule is Cn1ncc(NCC2(O)CCCC2)c(Cl)c1=O. The lowest BCUT2D eigenvalue weighted by Gasteiger charge is -2.23. The molecule has 0 radical (unpaired) electrons. The molecule has 1 fully saturated rings. The molecule has 0 aromatic carbocycles. The molecule has 17 heavy (non-hydrogen) atoms. The summed E-state index contributed by atoms with van der Waals surface area (Å²) in [6.07, 6.45) is 5.16. The van der Waals surface area contributed by atoms with Crippen molar-refractivity contribution in [3.8, 4) is 0 Å². The van der Waals surface area contributed by atoms with Crippen molar-refractivity contribution in [3.05, 3.63) is 21.6 Å². The van der Waals surface area contributed by atoms with Crippen LogP contribution in [0.2, 0.25) is 5.02 Å². The number of halogens is 1. The molecule has 94 valence electrons. The summed E-state index contributed by atoms with van der Waals surface area (Å²) in [6, 6.07) is 0. The molecule has 2 rings (SSSR count). The van der Waals surface area contributed by atoms with Gasteiger partial charge in [-0.1, -0.05) is 24.4 Å². The van der Waals surface area contributed by atoms with Gasteiger partial charge in [-0.25, -0.2) is 4.68 Å². The largest absolute Gasteiger partial charge is 0.388 e. The maximum atomic E-state index is 11.5. The Labute approximate surface area is 104 Å². The molecular formula is C11H16ClN3O2. The Kier molecular flexibility index (Phi) is 3.40. The van der Waals surface area contributed by atoms with Crippen molar-refractivity contribution in [2.45, 2.75) is 31.3 Å². The summed E-state index contributed by atoms with van der Waals surface area (Å²) in [4.78, 5) is 11.5. The first-order valence-electron chi connectivity index (χ1n) is 5.70. The van der Waals surface area contributed by atoms with Crippen molar-refractivity contribution in [2.75, 3.05) is 11.9 Å². The molecule has 0 aliphatic heterocycles. The Morgan fingerprint density at radius 2 is 2.24 bits per heavy atom. The topological polar surface area (TPSA) is 67.2 Å². The average molecular weight is 258 g/mol. The molecule has 0 atom stereocenters. The average Bonchev–Trinajstić information content (AvgIpc) is 2.73. The van der Waals surface area contributed by atoms with Crippen LogP contribution in [0.15, 0.2) is 11.0 Å². The van der Waals surface area contributed by atoms with E-state index >= 15 is 0 Å². The first-order valence-corrected chi connectivity index (χ1v) is 6.08. The van der Waals surface area contributed by atoms with Crippen molar-refractivity contribution < 1.29 is 5.11 Å². The minimum atomic E-state index is -0.676. The summed E-state index contributed by atoms with van der Waals surface area (Å²) >= 11 is 5.91. The zero-order valence-corrected chi connectivity index (χ0v) is 10.5. The van der Waals surface area contributed by atoms with E-state index < -0.39 is 5.60 Å². The van der Waals surface area contributed by atoms with E-state index in [1.54, 1.807) is 7.05 Å². The number of anilines is 1. The number of aromatic nitrogens is 2. The molecule has 0 spiro atoms. The van der Waals surface area contributed by atoms with Crippen LogP contribution >= 0.6 is 11.6 Å². The Balaban J connectivity index is 2.09. The predicted molar refractivity (Wildman–Crippen MR) is 66.4 cm³/mol. The fourth-order valence-corrected chi connectivity index (χ4v) is 2.34. The second-order valence-corrected chi connectivity index (χ2v) is 4.96. The third-order valence-electron chi connectivity index (χ3n) is 3.22. The van der Waals surface area contributed by atoms with Gasteiger partial charge in [0.05, 0.1) is 17.5 Å². The molecule has 1 aromatic rings. The van der Waals surface area contributed by atoms with Crippen LogP contribution in [-0.2, 0) is 7.05 Å². The number of aryl methyl sites for hydroxylation is 1. The van der Waals surface area contributed by atoms with E-state index in [0.717, 1.165) is 25.7 Å². The molecule has 2 N–H and O–H groups in total. The van der Waals surface area contributed by atoms with Gasteiger partial charge >= 0.3 is 0 Å². The third-order valence-corrected chi connectivity index (χ3v) is 3.59. The van der Waals surface area contributed by atoms with E-state index in [1.807, 2.05) is 0 Å². The first kappa shape index (κ1) is 12.4. The van der Waals surface area contributed by atoms with Crippen molar-refractivity contribution >= 4 is 17.3 Å². The molecule has 1 heterocycles. The van der Waals surface area contributed by atoms with Gasteiger partial charge in [-0.15, -0.1) is 0 Å².